The predicted molar refractivity (Wildman–Crippen MR) is 76.3 cm³/mol. The molecule has 1 aliphatic heterocycles. The molecule has 0 aliphatic carbocycles. The molecule has 0 bridgehead atoms. The number of likely N-dealkylation sites (tertiary alicyclic amines) is 1. The van der Waals surface area contributed by atoms with Gasteiger partial charge >= 0.3 is 0 Å². The first kappa shape index (κ1) is 13.4. The van der Waals surface area contributed by atoms with E-state index in [9.17, 15) is 4.79 Å². The van der Waals surface area contributed by atoms with E-state index in [0.717, 1.165) is 24.5 Å². The topological polar surface area (TPSA) is 23.6 Å². The Balaban J connectivity index is 1.99. The second-order valence-electron chi connectivity index (χ2n) is 5.12. The van der Waals surface area contributed by atoms with E-state index in [1.165, 1.54) is 6.42 Å². The second-order valence-corrected chi connectivity index (χ2v) is 5.60. The largest absolute Gasteiger partial charge is 0.341 e. The zero-order chi connectivity index (χ0) is 13.1. The number of hydrogen-bond acceptors (Lipinski definition) is 3. The third kappa shape index (κ3) is 3.06. The van der Waals surface area contributed by atoms with Gasteiger partial charge in [-0.15, -0.1) is 12.6 Å². The summed E-state index contributed by atoms with van der Waals surface area (Å²) in [6.07, 6.45) is 1.18. The van der Waals surface area contributed by atoms with Crippen LogP contribution in [0.1, 0.15) is 16.8 Å². The van der Waals surface area contributed by atoms with Gasteiger partial charge in [0.2, 0.25) is 0 Å². The highest BCUT2D eigenvalue weighted by molar-refractivity contribution is 7.80. The van der Waals surface area contributed by atoms with Crippen LogP contribution in [0.3, 0.4) is 0 Å². The number of rotatable bonds is 3. The highest BCUT2D eigenvalue weighted by atomic mass is 32.1. The van der Waals surface area contributed by atoms with Crippen molar-refractivity contribution in [2.24, 2.45) is 5.92 Å². The molecule has 0 saturated carbocycles. The van der Waals surface area contributed by atoms with Crippen molar-refractivity contribution in [3.63, 3.8) is 0 Å². The number of thiol groups is 1. The lowest BCUT2D eigenvalue weighted by Crippen LogP contribution is -2.33. The van der Waals surface area contributed by atoms with Gasteiger partial charge in [0.25, 0.3) is 5.91 Å². The molecular weight excluding hydrogens is 244 g/mol. The van der Waals surface area contributed by atoms with Crippen molar-refractivity contribution in [1.82, 2.24) is 9.80 Å². The van der Waals surface area contributed by atoms with Crippen LogP contribution in [-0.4, -0.2) is 49.4 Å². The number of hydrogen-bond donors (Lipinski definition) is 1. The molecule has 1 atom stereocenters. The van der Waals surface area contributed by atoms with Crippen LogP contribution in [0.25, 0.3) is 0 Å². The number of nitrogens with zero attached hydrogens (tertiary/aromatic N) is 2. The molecule has 98 valence electrons. The minimum Gasteiger partial charge on any atom is -0.341 e. The summed E-state index contributed by atoms with van der Waals surface area (Å²) in [6.45, 7) is 3.04. The fourth-order valence-corrected chi connectivity index (χ4v) is 2.76. The fourth-order valence-electron chi connectivity index (χ4n) is 2.51. The number of amides is 1. The Kier molecular flexibility index (Phi) is 4.30. The van der Waals surface area contributed by atoms with Gasteiger partial charge in [0, 0.05) is 25.0 Å². The van der Waals surface area contributed by atoms with E-state index in [0.29, 0.717) is 11.5 Å². The van der Waals surface area contributed by atoms with Crippen molar-refractivity contribution < 1.29 is 4.79 Å². The maximum absolute atomic E-state index is 12.3. The molecule has 0 radical (unpaired) electrons. The van der Waals surface area contributed by atoms with Crippen molar-refractivity contribution in [3.05, 3.63) is 29.8 Å². The molecular formula is C14H20N2OS. The van der Waals surface area contributed by atoms with Crippen LogP contribution in [0, 0.1) is 5.92 Å². The van der Waals surface area contributed by atoms with Crippen LogP contribution in [0.5, 0.6) is 0 Å². The van der Waals surface area contributed by atoms with Crippen LogP contribution in [0.2, 0.25) is 0 Å². The molecule has 4 heteroatoms. The monoisotopic (exact) mass is 264 g/mol. The second kappa shape index (κ2) is 5.76. The van der Waals surface area contributed by atoms with Crippen molar-refractivity contribution in [3.8, 4) is 0 Å². The molecule has 2 rings (SSSR count). The highest BCUT2D eigenvalue weighted by Crippen LogP contribution is 2.18. The number of carbonyl (C=O) groups excluding carboxylic acids is 1. The van der Waals surface area contributed by atoms with Crippen molar-refractivity contribution in [2.45, 2.75) is 11.3 Å². The molecule has 1 fully saturated rings. The predicted octanol–water partition coefficient (Wildman–Crippen LogP) is 2.00. The molecule has 3 nitrogen and oxygen atoms in total. The van der Waals surface area contributed by atoms with Crippen LogP contribution in [0.15, 0.2) is 29.2 Å². The van der Waals surface area contributed by atoms with Gasteiger partial charge in [-0.2, -0.15) is 0 Å². The maximum Gasteiger partial charge on any atom is 0.254 e. The van der Waals surface area contributed by atoms with Crippen LogP contribution >= 0.6 is 12.6 Å². The van der Waals surface area contributed by atoms with Crippen LogP contribution < -0.4 is 0 Å². The first-order valence-corrected chi connectivity index (χ1v) is 6.74. The van der Waals surface area contributed by atoms with E-state index in [4.69, 9.17) is 0 Å². The quantitative estimate of drug-likeness (QED) is 0.844. The van der Waals surface area contributed by atoms with Crippen molar-refractivity contribution in [2.75, 3.05) is 33.7 Å². The molecule has 1 heterocycles. The van der Waals surface area contributed by atoms with Crippen molar-refractivity contribution >= 4 is 18.5 Å². The maximum atomic E-state index is 12.3. The molecule has 1 unspecified atom stereocenters. The molecule has 1 aliphatic rings. The molecule has 1 aromatic carbocycles. The smallest absolute Gasteiger partial charge is 0.254 e. The average Bonchev–Trinajstić information content (AvgIpc) is 2.74. The van der Waals surface area contributed by atoms with Gasteiger partial charge in [-0.3, -0.25) is 4.79 Å². The normalized spacial score (nSPS) is 20.1. The van der Waals surface area contributed by atoms with E-state index >= 15 is 0 Å². The Morgan fingerprint density at radius 2 is 2.22 bits per heavy atom. The summed E-state index contributed by atoms with van der Waals surface area (Å²) < 4.78 is 0. The van der Waals surface area contributed by atoms with Gasteiger partial charge in [0.15, 0.2) is 0 Å². The van der Waals surface area contributed by atoms with E-state index in [-0.39, 0.29) is 5.91 Å². The molecule has 0 spiro atoms. The SMILES string of the molecule is CN1CCC(CN(C)C(=O)c2ccccc2S)C1. The lowest BCUT2D eigenvalue weighted by Gasteiger charge is -2.21. The van der Waals surface area contributed by atoms with Crippen LogP contribution in [-0.2, 0) is 0 Å². The Bertz CT molecular complexity index is 436. The molecule has 0 N–H and O–H groups in total. The summed E-state index contributed by atoms with van der Waals surface area (Å²) in [5.41, 5.74) is 0.690. The first-order valence-electron chi connectivity index (χ1n) is 6.30. The lowest BCUT2D eigenvalue weighted by atomic mass is 10.1. The first-order chi connectivity index (χ1) is 8.58. The minimum atomic E-state index is 0.0650. The molecule has 1 saturated heterocycles. The van der Waals surface area contributed by atoms with Gasteiger partial charge < -0.3 is 9.80 Å². The van der Waals surface area contributed by atoms with Gasteiger partial charge in [0.1, 0.15) is 0 Å². The van der Waals surface area contributed by atoms with Gasteiger partial charge in [-0.25, -0.2) is 0 Å². The Morgan fingerprint density at radius 3 is 2.83 bits per heavy atom. The summed E-state index contributed by atoms with van der Waals surface area (Å²) in [5, 5.41) is 0. The zero-order valence-electron chi connectivity index (χ0n) is 11.0. The summed E-state index contributed by atoms with van der Waals surface area (Å²) in [4.78, 5) is 17.2. The lowest BCUT2D eigenvalue weighted by molar-refractivity contribution is 0.0770. The molecule has 1 aromatic rings. The number of carbonyl (C=O) groups is 1. The Morgan fingerprint density at radius 1 is 1.50 bits per heavy atom. The fraction of sp³-hybridized carbons (Fsp3) is 0.500. The summed E-state index contributed by atoms with van der Waals surface area (Å²) >= 11 is 4.34. The van der Waals surface area contributed by atoms with E-state index in [1.54, 1.807) is 0 Å². The average molecular weight is 264 g/mol. The standard InChI is InChI=1S/C14H20N2OS/c1-15-8-7-11(9-15)10-16(2)14(17)12-5-3-4-6-13(12)18/h3-6,11,18H,7-10H2,1-2H3. The summed E-state index contributed by atoms with van der Waals surface area (Å²) in [7, 11) is 4.01. The third-order valence-electron chi connectivity index (χ3n) is 3.50. The summed E-state index contributed by atoms with van der Waals surface area (Å²) in [5.74, 6) is 0.659. The molecule has 1 amide bonds. The minimum absolute atomic E-state index is 0.0650. The van der Waals surface area contributed by atoms with Gasteiger partial charge in [-0.05, 0) is 38.1 Å². The highest BCUT2D eigenvalue weighted by Gasteiger charge is 2.23. The number of benzene rings is 1. The van der Waals surface area contributed by atoms with Gasteiger partial charge in [-0.1, -0.05) is 12.1 Å². The third-order valence-corrected chi connectivity index (χ3v) is 3.89. The zero-order valence-corrected chi connectivity index (χ0v) is 11.9. The van der Waals surface area contributed by atoms with E-state index in [1.807, 2.05) is 36.2 Å². The molecule has 0 aromatic heterocycles. The van der Waals surface area contributed by atoms with E-state index in [2.05, 4.69) is 24.6 Å². The Labute approximate surface area is 114 Å². The summed E-state index contributed by atoms with van der Waals surface area (Å²) in [6, 6.07) is 7.46. The van der Waals surface area contributed by atoms with Crippen molar-refractivity contribution in [1.29, 1.82) is 0 Å². The molecule has 18 heavy (non-hydrogen) atoms. The Hall–Kier alpha value is -1.00. The van der Waals surface area contributed by atoms with Gasteiger partial charge in [0.05, 0.1) is 5.56 Å². The van der Waals surface area contributed by atoms with E-state index < -0.39 is 0 Å². The van der Waals surface area contributed by atoms with Crippen LogP contribution in [0.4, 0.5) is 0 Å².